The third kappa shape index (κ3) is 18.1. The zero-order chi connectivity index (χ0) is 19.0. The summed E-state index contributed by atoms with van der Waals surface area (Å²) in [5, 5.41) is -1.16. The molecule has 0 radical (unpaired) electrons. The molecule has 0 N–H and O–H groups in total. The van der Waals surface area contributed by atoms with E-state index in [1.807, 2.05) is 0 Å². The molecule has 0 rings (SSSR count). The Morgan fingerprint density at radius 1 is 0.640 bits per heavy atom. The van der Waals surface area contributed by atoms with Crippen LogP contribution in [0, 0.1) is 11.8 Å². The molecular weight excluding hydrogens is 359 g/mol. The molecule has 0 aliphatic carbocycles. The SMILES string of the molecule is CCCCCCCCCCCCCCSP(=S)(CC(C)C)CC(C)C. The Bertz CT molecular complexity index is 312. The van der Waals surface area contributed by atoms with Crippen LogP contribution in [0.3, 0.4) is 0 Å². The van der Waals surface area contributed by atoms with Gasteiger partial charge in [-0.2, -0.15) is 0 Å². The summed E-state index contributed by atoms with van der Waals surface area (Å²) in [6.07, 6.45) is 19.8. The lowest BCUT2D eigenvalue weighted by molar-refractivity contribution is 0.548. The largest absolute Gasteiger partial charge is 0.124 e. The molecule has 0 atom stereocenters. The molecule has 3 heteroatoms. The quantitative estimate of drug-likeness (QED) is 0.164. The highest BCUT2D eigenvalue weighted by molar-refractivity contribution is 8.71. The number of rotatable bonds is 18. The van der Waals surface area contributed by atoms with Crippen molar-refractivity contribution in [2.45, 2.75) is 112 Å². The van der Waals surface area contributed by atoms with E-state index in [9.17, 15) is 0 Å². The Kier molecular flexibility index (Phi) is 17.8. The molecule has 0 amide bonds. The molecular formula is C22H47PS2. The number of hydrogen-bond donors (Lipinski definition) is 0. The van der Waals surface area contributed by atoms with Gasteiger partial charge in [0.1, 0.15) is 0 Å². The highest BCUT2D eigenvalue weighted by Crippen LogP contribution is 2.61. The first-order valence-electron chi connectivity index (χ1n) is 11.1. The summed E-state index contributed by atoms with van der Waals surface area (Å²) >= 11 is 8.30. The van der Waals surface area contributed by atoms with Gasteiger partial charge in [-0.15, -0.1) is 11.4 Å². The van der Waals surface area contributed by atoms with Crippen LogP contribution >= 0.6 is 16.6 Å². The van der Waals surface area contributed by atoms with Gasteiger partial charge in [-0.25, -0.2) is 0 Å². The Morgan fingerprint density at radius 2 is 1.00 bits per heavy atom. The van der Waals surface area contributed by atoms with Crippen LogP contribution in [0.15, 0.2) is 0 Å². The summed E-state index contributed by atoms with van der Waals surface area (Å²) in [5.41, 5.74) is 0. The monoisotopic (exact) mass is 406 g/mol. The zero-order valence-electron chi connectivity index (χ0n) is 18.0. The fourth-order valence-electron chi connectivity index (χ4n) is 3.47. The minimum atomic E-state index is -1.16. The number of unbranched alkanes of at least 4 members (excludes halogenated alkanes) is 11. The van der Waals surface area contributed by atoms with E-state index in [2.05, 4.69) is 46.0 Å². The van der Waals surface area contributed by atoms with E-state index in [4.69, 9.17) is 11.8 Å². The summed E-state index contributed by atoms with van der Waals surface area (Å²) in [6, 6.07) is 0. The van der Waals surface area contributed by atoms with E-state index < -0.39 is 5.24 Å². The van der Waals surface area contributed by atoms with Gasteiger partial charge in [0.2, 0.25) is 0 Å². The molecule has 0 aromatic carbocycles. The molecule has 0 spiro atoms. The zero-order valence-corrected chi connectivity index (χ0v) is 20.6. The molecule has 0 aliphatic heterocycles. The third-order valence-corrected chi connectivity index (χ3v) is 12.8. The Labute approximate surface area is 169 Å². The van der Waals surface area contributed by atoms with Crippen molar-refractivity contribution in [2.24, 2.45) is 11.8 Å². The van der Waals surface area contributed by atoms with Gasteiger partial charge in [-0.3, -0.25) is 0 Å². The first-order chi connectivity index (χ1) is 11.9. The fourth-order valence-corrected chi connectivity index (χ4v) is 13.0. The molecule has 0 bridgehead atoms. The predicted molar refractivity (Wildman–Crippen MR) is 127 cm³/mol. The molecule has 0 unspecified atom stereocenters. The van der Waals surface area contributed by atoms with E-state index in [-0.39, 0.29) is 0 Å². The van der Waals surface area contributed by atoms with Crippen molar-refractivity contribution >= 4 is 28.4 Å². The molecule has 0 nitrogen and oxygen atoms in total. The Hall–Kier alpha value is 1.00. The Morgan fingerprint density at radius 3 is 1.36 bits per heavy atom. The molecule has 0 aliphatic rings. The molecule has 0 fully saturated rings. The lowest BCUT2D eigenvalue weighted by Crippen LogP contribution is -2.04. The fraction of sp³-hybridized carbons (Fsp3) is 1.00. The summed E-state index contributed by atoms with van der Waals surface area (Å²) in [5.74, 6) is 2.84. The van der Waals surface area contributed by atoms with Gasteiger partial charge in [0.25, 0.3) is 0 Å². The maximum Gasteiger partial charge on any atom is 0.00705 e. The molecule has 0 aromatic heterocycles. The summed E-state index contributed by atoms with van der Waals surface area (Å²) in [4.78, 5) is 0. The van der Waals surface area contributed by atoms with E-state index >= 15 is 0 Å². The molecule has 25 heavy (non-hydrogen) atoms. The van der Waals surface area contributed by atoms with Gasteiger partial charge in [-0.05, 0) is 36.3 Å². The second kappa shape index (κ2) is 17.1. The van der Waals surface area contributed by atoms with Crippen molar-refractivity contribution in [2.75, 3.05) is 18.1 Å². The van der Waals surface area contributed by atoms with Crippen molar-refractivity contribution in [3.63, 3.8) is 0 Å². The summed E-state index contributed by atoms with van der Waals surface area (Å²) < 4.78 is 0. The van der Waals surface area contributed by atoms with Gasteiger partial charge in [0, 0.05) is 5.24 Å². The highest BCUT2D eigenvalue weighted by Gasteiger charge is 2.20. The van der Waals surface area contributed by atoms with Crippen LogP contribution in [-0.4, -0.2) is 18.1 Å². The van der Waals surface area contributed by atoms with Crippen molar-refractivity contribution in [1.82, 2.24) is 0 Å². The van der Waals surface area contributed by atoms with Crippen molar-refractivity contribution in [3.8, 4) is 0 Å². The average Bonchev–Trinajstić information content (AvgIpc) is 2.50. The van der Waals surface area contributed by atoms with Crippen molar-refractivity contribution in [3.05, 3.63) is 0 Å². The van der Waals surface area contributed by atoms with E-state index in [0.29, 0.717) is 0 Å². The standard InChI is InChI=1S/C22H47PS2/c1-6-7-8-9-10-11-12-13-14-15-16-17-18-25-23(24,19-21(2)3)20-22(4)5/h21-22H,6-20H2,1-5H3. The number of hydrogen-bond acceptors (Lipinski definition) is 2. The predicted octanol–water partition coefficient (Wildman–Crippen LogP) is 9.13. The third-order valence-electron chi connectivity index (χ3n) is 4.61. The smallest absolute Gasteiger partial charge is 0.00705 e. The van der Waals surface area contributed by atoms with Crippen LogP contribution in [0.2, 0.25) is 0 Å². The van der Waals surface area contributed by atoms with Crippen LogP contribution in [0.4, 0.5) is 0 Å². The molecule has 0 saturated carbocycles. The van der Waals surface area contributed by atoms with E-state index in [1.54, 1.807) is 0 Å². The first-order valence-corrected chi connectivity index (χ1v) is 15.9. The second-order valence-corrected chi connectivity index (χ2v) is 17.4. The van der Waals surface area contributed by atoms with Crippen LogP contribution < -0.4 is 0 Å². The maximum absolute atomic E-state index is 6.11. The van der Waals surface area contributed by atoms with Crippen LogP contribution in [-0.2, 0) is 11.8 Å². The van der Waals surface area contributed by atoms with Gasteiger partial charge in [0.05, 0.1) is 0 Å². The minimum Gasteiger partial charge on any atom is -0.124 e. The Balaban J connectivity index is 3.56. The van der Waals surface area contributed by atoms with Gasteiger partial charge < -0.3 is 0 Å². The molecule has 0 heterocycles. The van der Waals surface area contributed by atoms with Crippen LogP contribution in [0.25, 0.3) is 0 Å². The normalized spacial score (nSPS) is 12.4. The van der Waals surface area contributed by atoms with Crippen LogP contribution in [0.1, 0.15) is 112 Å². The average molecular weight is 407 g/mol. The van der Waals surface area contributed by atoms with Crippen molar-refractivity contribution < 1.29 is 0 Å². The van der Waals surface area contributed by atoms with E-state index in [1.165, 1.54) is 95.1 Å². The van der Waals surface area contributed by atoms with Crippen molar-refractivity contribution in [1.29, 1.82) is 0 Å². The highest BCUT2D eigenvalue weighted by atomic mass is 32.9. The topological polar surface area (TPSA) is 0 Å². The lowest BCUT2D eigenvalue weighted by atomic mass is 10.1. The summed E-state index contributed by atoms with van der Waals surface area (Å²) in [7, 11) is 0. The van der Waals surface area contributed by atoms with Gasteiger partial charge in [0.15, 0.2) is 0 Å². The molecule has 0 aromatic rings. The maximum atomic E-state index is 6.11. The van der Waals surface area contributed by atoms with Gasteiger partial charge in [-0.1, -0.05) is 117 Å². The second-order valence-electron chi connectivity index (χ2n) is 8.69. The molecule has 152 valence electrons. The van der Waals surface area contributed by atoms with E-state index in [0.717, 1.165) is 11.8 Å². The minimum absolute atomic E-state index is 0.763. The first kappa shape index (κ1) is 26.0. The summed E-state index contributed by atoms with van der Waals surface area (Å²) in [6.45, 7) is 11.7. The molecule has 0 saturated heterocycles. The van der Waals surface area contributed by atoms with Crippen LogP contribution in [0.5, 0.6) is 0 Å². The lowest BCUT2D eigenvalue weighted by Gasteiger charge is -2.25. The van der Waals surface area contributed by atoms with Gasteiger partial charge >= 0.3 is 0 Å².